The Morgan fingerprint density at radius 1 is 1.42 bits per heavy atom. The van der Waals surface area contributed by atoms with Crippen LogP contribution >= 0.6 is 0 Å². The molecular formula is C9H8N2O. The predicted molar refractivity (Wildman–Crippen MR) is 40.6 cm³/mol. The maximum absolute atomic E-state index is 8.84. The first-order valence-electron chi connectivity index (χ1n) is 3.88. The van der Waals surface area contributed by atoms with Crippen molar-refractivity contribution in [1.29, 1.82) is 10.5 Å². The Morgan fingerprint density at radius 3 is 2.67 bits per heavy atom. The van der Waals surface area contributed by atoms with Crippen LogP contribution in [0.2, 0.25) is 0 Å². The third-order valence-corrected chi connectivity index (χ3v) is 2.63. The highest BCUT2D eigenvalue weighted by Gasteiger charge is 2.54. The molecule has 3 heteroatoms. The average molecular weight is 160 g/mol. The molecule has 0 aromatic heterocycles. The molecular weight excluding hydrogens is 152 g/mol. The zero-order valence-electron chi connectivity index (χ0n) is 6.69. The average Bonchev–Trinajstić information content (AvgIpc) is 2.55. The highest BCUT2D eigenvalue weighted by molar-refractivity contribution is 5.29. The number of ether oxygens (including phenoxy) is 1. The van der Waals surface area contributed by atoms with Gasteiger partial charge >= 0.3 is 0 Å². The lowest BCUT2D eigenvalue weighted by Crippen LogP contribution is -2.30. The van der Waals surface area contributed by atoms with Gasteiger partial charge in [-0.05, 0) is 6.92 Å². The van der Waals surface area contributed by atoms with Crippen molar-refractivity contribution in [3.8, 4) is 12.1 Å². The van der Waals surface area contributed by atoms with Crippen LogP contribution in [0.25, 0.3) is 0 Å². The highest BCUT2D eigenvalue weighted by atomic mass is 16.5. The van der Waals surface area contributed by atoms with E-state index >= 15 is 0 Å². The highest BCUT2D eigenvalue weighted by Crippen LogP contribution is 2.45. The first-order chi connectivity index (χ1) is 5.71. The van der Waals surface area contributed by atoms with E-state index in [0.717, 1.165) is 0 Å². The molecule has 1 fully saturated rings. The van der Waals surface area contributed by atoms with Crippen molar-refractivity contribution in [2.24, 2.45) is 11.8 Å². The molecule has 1 saturated heterocycles. The second kappa shape index (κ2) is 2.09. The molecule has 2 aliphatic rings. The molecule has 4 atom stereocenters. The van der Waals surface area contributed by atoms with Crippen molar-refractivity contribution in [3.63, 3.8) is 0 Å². The smallest absolute Gasteiger partial charge is 0.102 e. The molecule has 0 radical (unpaired) electrons. The summed E-state index contributed by atoms with van der Waals surface area (Å²) in [6.45, 7) is 1.86. The molecule has 0 aromatic rings. The van der Waals surface area contributed by atoms with E-state index < -0.39 is 5.60 Å². The van der Waals surface area contributed by atoms with Crippen LogP contribution in [-0.2, 0) is 4.74 Å². The van der Waals surface area contributed by atoms with Gasteiger partial charge in [0.25, 0.3) is 0 Å². The van der Waals surface area contributed by atoms with Crippen molar-refractivity contribution in [2.45, 2.75) is 18.6 Å². The Kier molecular flexibility index (Phi) is 1.28. The van der Waals surface area contributed by atoms with Crippen molar-refractivity contribution < 1.29 is 4.74 Å². The van der Waals surface area contributed by atoms with Gasteiger partial charge in [-0.15, -0.1) is 0 Å². The SMILES string of the molecule is C[C@@]12C=C[C@@H](O1)[C@@H](C#N)[C@@H]2C#N. The minimum atomic E-state index is -0.514. The summed E-state index contributed by atoms with van der Waals surface area (Å²) in [6.07, 6.45) is 3.60. The molecule has 0 aromatic carbocycles. The summed E-state index contributed by atoms with van der Waals surface area (Å²) in [5, 5.41) is 17.6. The molecule has 0 spiro atoms. The lowest BCUT2D eigenvalue weighted by molar-refractivity contribution is 0.0350. The first kappa shape index (κ1) is 7.34. The van der Waals surface area contributed by atoms with E-state index in [4.69, 9.17) is 15.3 Å². The second-order valence-corrected chi connectivity index (χ2v) is 3.39. The Balaban J connectivity index is 2.41. The third-order valence-electron chi connectivity index (χ3n) is 2.63. The van der Waals surface area contributed by atoms with Crippen LogP contribution in [0.15, 0.2) is 12.2 Å². The lowest BCUT2D eigenvalue weighted by Gasteiger charge is -2.21. The number of nitriles is 2. The summed E-state index contributed by atoms with van der Waals surface area (Å²) in [4.78, 5) is 0. The molecule has 2 bridgehead atoms. The van der Waals surface area contributed by atoms with Gasteiger partial charge in [0.15, 0.2) is 0 Å². The molecule has 0 amide bonds. The maximum atomic E-state index is 8.84. The Bertz CT molecular complexity index is 322. The van der Waals surface area contributed by atoms with Gasteiger partial charge in [0.05, 0.1) is 30.1 Å². The Labute approximate surface area is 70.9 Å². The molecule has 2 rings (SSSR count). The van der Waals surface area contributed by atoms with Crippen LogP contribution in [-0.4, -0.2) is 11.7 Å². The number of hydrogen-bond donors (Lipinski definition) is 0. The monoisotopic (exact) mass is 160 g/mol. The Morgan fingerprint density at radius 2 is 2.17 bits per heavy atom. The van der Waals surface area contributed by atoms with E-state index in [1.165, 1.54) is 0 Å². The van der Waals surface area contributed by atoms with Gasteiger partial charge in [-0.3, -0.25) is 0 Å². The van der Waals surface area contributed by atoms with Crippen LogP contribution in [0, 0.1) is 34.5 Å². The maximum Gasteiger partial charge on any atom is 0.102 e. The van der Waals surface area contributed by atoms with Crippen LogP contribution < -0.4 is 0 Å². The van der Waals surface area contributed by atoms with Crippen LogP contribution in [0.1, 0.15) is 6.92 Å². The fourth-order valence-electron chi connectivity index (χ4n) is 1.93. The van der Waals surface area contributed by atoms with Crippen molar-refractivity contribution in [1.82, 2.24) is 0 Å². The summed E-state index contributed by atoms with van der Waals surface area (Å²) in [6, 6.07) is 4.26. The molecule has 2 aliphatic heterocycles. The standard InChI is InChI=1S/C9H8N2O/c1-9-3-2-8(12-9)6(4-10)7(9)5-11/h2-3,6-8H,1H3/t6-,7-,8+,9-/m0/s1. The number of fused-ring (bicyclic) bond motifs is 2. The van der Waals surface area contributed by atoms with E-state index in [1.54, 1.807) is 0 Å². The zero-order chi connectivity index (χ0) is 8.77. The van der Waals surface area contributed by atoms with Crippen molar-refractivity contribution in [3.05, 3.63) is 12.2 Å². The zero-order valence-corrected chi connectivity index (χ0v) is 6.69. The number of nitrogens with zero attached hydrogens (tertiary/aromatic N) is 2. The van der Waals surface area contributed by atoms with E-state index in [9.17, 15) is 0 Å². The summed E-state index contributed by atoms with van der Waals surface area (Å²) in [5.74, 6) is -0.595. The normalized spacial score (nSPS) is 48.8. The fraction of sp³-hybridized carbons (Fsp3) is 0.556. The molecule has 0 aliphatic carbocycles. The third kappa shape index (κ3) is 0.668. The summed E-state index contributed by atoms with van der Waals surface area (Å²) >= 11 is 0. The van der Waals surface area contributed by atoms with Gasteiger partial charge < -0.3 is 4.74 Å². The van der Waals surface area contributed by atoms with Crippen molar-refractivity contribution >= 4 is 0 Å². The van der Waals surface area contributed by atoms with Gasteiger partial charge in [0.2, 0.25) is 0 Å². The Hall–Kier alpha value is -1.32. The molecule has 2 heterocycles. The summed E-state index contributed by atoms with van der Waals surface area (Å²) in [5.41, 5.74) is -0.514. The molecule has 12 heavy (non-hydrogen) atoms. The van der Waals surface area contributed by atoms with Crippen LogP contribution in [0.5, 0.6) is 0 Å². The second-order valence-electron chi connectivity index (χ2n) is 3.39. The van der Waals surface area contributed by atoms with E-state index in [1.807, 2.05) is 19.1 Å². The summed E-state index contributed by atoms with van der Waals surface area (Å²) in [7, 11) is 0. The quantitative estimate of drug-likeness (QED) is 0.496. The van der Waals surface area contributed by atoms with Gasteiger partial charge in [0.1, 0.15) is 5.60 Å². The van der Waals surface area contributed by atoms with Gasteiger partial charge in [0, 0.05) is 0 Å². The molecule has 0 N–H and O–H groups in total. The number of rotatable bonds is 0. The fourth-order valence-corrected chi connectivity index (χ4v) is 1.93. The minimum Gasteiger partial charge on any atom is -0.361 e. The number of hydrogen-bond acceptors (Lipinski definition) is 3. The topological polar surface area (TPSA) is 56.8 Å². The lowest BCUT2D eigenvalue weighted by atomic mass is 9.78. The summed E-state index contributed by atoms with van der Waals surface area (Å²) < 4.78 is 5.51. The first-order valence-corrected chi connectivity index (χ1v) is 3.88. The largest absolute Gasteiger partial charge is 0.361 e. The molecule has 60 valence electrons. The minimum absolute atomic E-state index is 0.162. The van der Waals surface area contributed by atoms with Crippen LogP contribution in [0.3, 0.4) is 0 Å². The molecule has 0 unspecified atom stereocenters. The van der Waals surface area contributed by atoms with Crippen LogP contribution in [0.4, 0.5) is 0 Å². The van der Waals surface area contributed by atoms with E-state index in [0.29, 0.717) is 0 Å². The van der Waals surface area contributed by atoms with Gasteiger partial charge in [-0.1, -0.05) is 12.2 Å². The van der Waals surface area contributed by atoms with E-state index in [2.05, 4.69) is 12.1 Å². The molecule has 0 saturated carbocycles. The van der Waals surface area contributed by atoms with Gasteiger partial charge in [-0.25, -0.2) is 0 Å². The predicted octanol–water partition coefficient (Wildman–Crippen LogP) is 0.993. The van der Waals surface area contributed by atoms with Gasteiger partial charge in [-0.2, -0.15) is 10.5 Å². The van der Waals surface area contributed by atoms with Crippen molar-refractivity contribution in [2.75, 3.05) is 0 Å². The van der Waals surface area contributed by atoms with E-state index in [-0.39, 0.29) is 17.9 Å². The molecule has 3 nitrogen and oxygen atoms in total.